The van der Waals surface area contributed by atoms with E-state index in [4.69, 9.17) is 5.11 Å². The van der Waals surface area contributed by atoms with Crippen molar-refractivity contribution in [3.8, 4) is 0 Å². The second-order valence-electron chi connectivity index (χ2n) is 6.36. The van der Waals surface area contributed by atoms with Gasteiger partial charge in [0.2, 0.25) is 0 Å². The fourth-order valence-corrected chi connectivity index (χ4v) is 2.70. The van der Waals surface area contributed by atoms with Crippen molar-refractivity contribution in [2.45, 2.75) is 51.6 Å². The fourth-order valence-electron chi connectivity index (χ4n) is 2.70. The first-order chi connectivity index (χ1) is 12.5. The Balaban J connectivity index is 2.39. The van der Waals surface area contributed by atoms with E-state index in [1.165, 1.54) is 0 Å². The Morgan fingerprint density at radius 2 is 1.81 bits per heavy atom. The topological polar surface area (TPSA) is 74.6 Å². The molecule has 0 spiro atoms. The number of ketones is 1. The maximum atomic E-state index is 12.0. The van der Waals surface area contributed by atoms with Gasteiger partial charge in [0, 0.05) is 18.3 Å². The quantitative estimate of drug-likeness (QED) is 0.507. The van der Waals surface area contributed by atoms with Crippen molar-refractivity contribution in [3.63, 3.8) is 0 Å². The van der Waals surface area contributed by atoms with Crippen LogP contribution in [-0.4, -0.2) is 28.1 Å². The molecule has 0 heterocycles. The van der Waals surface area contributed by atoms with Crippen LogP contribution in [0.3, 0.4) is 0 Å². The van der Waals surface area contributed by atoms with Crippen molar-refractivity contribution < 1.29 is 19.8 Å². The molecule has 0 aromatic carbocycles. The summed E-state index contributed by atoms with van der Waals surface area (Å²) in [6.07, 6.45) is 22.3. The molecule has 0 saturated carbocycles. The number of hydrogen-bond donors (Lipinski definition) is 2. The van der Waals surface area contributed by atoms with E-state index < -0.39 is 12.1 Å². The van der Waals surface area contributed by atoms with Crippen LogP contribution in [0.2, 0.25) is 0 Å². The average molecular weight is 358 g/mol. The largest absolute Gasteiger partial charge is 0.481 e. The Kier molecular flexibility index (Phi) is 11.0. The van der Waals surface area contributed by atoms with Gasteiger partial charge < -0.3 is 10.2 Å². The summed E-state index contributed by atoms with van der Waals surface area (Å²) in [6, 6.07) is 0. The molecule has 26 heavy (non-hydrogen) atoms. The van der Waals surface area contributed by atoms with Crippen LogP contribution in [0.4, 0.5) is 0 Å². The van der Waals surface area contributed by atoms with E-state index in [1.54, 1.807) is 12.2 Å². The molecule has 0 saturated heterocycles. The predicted octanol–water partition coefficient (Wildman–Crippen LogP) is 4.39. The first-order valence-corrected chi connectivity index (χ1v) is 9.29. The summed E-state index contributed by atoms with van der Waals surface area (Å²) in [4.78, 5) is 22.5. The molecule has 0 bridgehead atoms. The Morgan fingerprint density at radius 3 is 2.46 bits per heavy atom. The molecule has 2 N–H and O–H groups in total. The minimum absolute atomic E-state index is 0.0404. The molecule has 4 heteroatoms. The van der Waals surface area contributed by atoms with Crippen LogP contribution in [0.5, 0.6) is 0 Å². The lowest BCUT2D eigenvalue weighted by Gasteiger charge is -2.13. The van der Waals surface area contributed by atoms with E-state index in [-0.39, 0.29) is 30.5 Å². The molecule has 0 radical (unpaired) electrons. The predicted molar refractivity (Wildman–Crippen MR) is 105 cm³/mol. The van der Waals surface area contributed by atoms with E-state index >= 15 is 0 Å². The van der Waals surface area contributed by atoms with Crippen molar-refractivity contribution in [1.82, 2.24) is 0 Å². The third-order valence-electron chi connectivity index (χ3n) is 4.19. The fraction of sp³-hybridized carbons (Fsp3) is 0.455. The van der Waals surface area contributed by atoms with Gasteiger partial charge in [-0.3, -0.25) is 9.59 Å². The van der Waals surface area contributed by atoms with Crippen LogP contribution in [0, 0.1) is 11.8 Å². The normalized spacial score (nSPS) is 21.8. The summed E-state index contributed by atoms with van der Waals surface area (Å²) < 4.78 is 0. The molecule has 3 atom stereocenters. The molecule has 0 fully saturated rings. The highest BCUT2D eigenvalue weighted by Crippen LogP contribution is 2.27. The Hall–Kier alpha value is -2.20. The van der Waals surface area contributed by atoms with Crippen molar-refractivity contribution >= 4 is 11.8 Å². The van der Waals surface area contributed by atoms with Crippen LogP contribution in [0.15, 0.2) is 60.8 Å². The highest BCUT2D eigenvalue weighted by molar-refractivity contribution is 5.95. The smallest absolute Gasteiger partial charge is 0.303 e. The van der Waals surface area contributed by atoms with E-state index in [0.29, 0.717) is 6.42 Å². The molecule has 142 valence electrons. The van der Waals surface area contributed by atoms with E-state index in [9.17, 15) is 14.7 Å². The zero-order valence-corrected chi connectivity index (χ0v) is 15.5. The van der Waals surface area contributed by atoms with E-state index in [2.05, 4.69) is 37.3 Å². The van der Waals surface area contributed by atoms with Crippen molar-refractivity contribution in [2.24, 2.45) is 11.8 Å². The number of aliphatic carboxylic acids is 1. The third-order valence-corrected chi connectivity index (χ3v) is 4.19. The standard InChI is InChI=1S/C22H30O4/c1-2-3-4-5-6-7-8-9-10-11-20-18(13-16-21(20)24)12-14-19(23)15-17-22(25)26/h3-4,6-7,9-10,12-14,16,18-20,23H,2,5,8,11,15,17H2,1H3,(H,25,26)/b4-3-,7-6-,10-9-,14-12+/t18-,19+,20-/m1/s1. The van der Waals surface area contributed by atoms with Gasteiger partial charge in [0.1, 0.15) is 0 Å². The Labute approximate surface area is 156 Å². The molecule has 0 aromatic rings. The second-order valence-corrected chi connectivity index (χ2v) is 6.36. The molecule has 1 rings (SSSR count). The van der Waals surface area contributed by atoms with Crippen LogP contribution in [0.1, 0.15) is 45.4 Å². The molecular weight excluding hydrogens is 328 g/mol. The number of carboxylic acid groups (broad SMARTS) is 1. The summed E-state index contributed by atoms with van der Waals surface area (Å²) >= 11 is 0. The van der Waals surface area contributed by atoms with Gasteiger partial charge in [0.25, 0.3) is 0 Å². The number of carbonyl (C=O) groups excluding carboxylic acids is 1. The van der Waals surface area contributed by atoms with Crippen LogP contribution in [-0.2, 0) is 9.59 Å². The molecule has 0 unspecified atom stereocenters. The second kappa shape index (κ2) is 13.1. The van der Waals surface area contributed by atoms with Crippen molar-refractivity contribution in [3.05, 3.63) is 60.8 Å². The number of rotatable bonds is 12. The van der Waals surface area contributed by atoms with Crippen LogP contribution >= 0.6 is 0 Å². The van der Waals surface area contributed by atoms with Crippen LogP contribution < -0.4 is 0 Å². The highest BCUT2D eigenvalue weighted by Gasteiger charge is 2.27. The summed E-state index contributed by atoms with van der Waals surface area (Å²) in [5, 5.41) is 18.4. The number of aliphatic hydroxyl groups is 1. The van der Waals surface area contributed by atoms with Gasteiger partial charge in [0.15, 0.2) is 5.78 Å². The summed E-state index contributed by atoms with van der Waals surface area (Å²) in [5.41, 5.74) is 0. The zero-order chi connectivity index (χ0) is 19.2. The maximum absolute atomic E-state index is 12.0. The molecule has 0 amide bonds. The number of allylic oxidation sites excluding steroid dienone is 9. The number of aliphatic hydroxyl groups excluding tert-OH is 1. The summed E-state index contributed by atoms with van der Waals surface area (Å²) in [5.74, 6) is -0.997. The van der Waals surface area contributed by atoms with Crippen LogP contribution in [0.25, 0.3) is 0 Å². The lowest BCUT2D eigenvalue weighted by Crippen LogP contribution is -2.14. The lowest BCUT2D eigenvalue weighted by atomic mass is 9.90. The van der Waals surface area contributed by atoms with Gasteiger partial charge in [-0.15, -0.1) is 0 Å². The SMILES string of the molecule is CC/C=C\C/C=C\C/C=C\C[C@H]1C(=O)C=C[C@H]1/C=C/[C@H](O)CCC(=O)O. The third kappa shape index (κ3) is 9.33. The van der Waals surface area contributed by atoms with Gasteiger partial charge in [-0.05, 0) is 38.2 Å². The first-order valence-electron chi connectivity index (χ1n) is 9.29. The number of carbonyl (C=O) groups is 2. The average Bonchev–Trinajstić information content (AvgIpc) is 2.96. The number of hydrogen-bond acceptors (Lipinski definition) is 3. The summed E-state index contributed by atoms with van der Waals surface area (Å²) in [7, 11) is 0. The Morgan fingerprint density at radius 1 is 1.15 bits per heavy atom. The molecule has 1 aliphatic rings. The van der Waals surface area contributed by atoms with Gasteiger partial charge in [0.05, 0.1) is 6.10 Å². The molecular formula is C22H30O4. The van der Waals surface area contributed by atoms with Gasteiger partial charge >= 0.3 is 5.97 Å². The van der Waals surface area contributed by atoms with E-state index in [1.807, 2.05) is 18.2 Å². The minimum Gasteiger partial charge on any atom is -0.481 e. The lowest BCUT2D eigenvalue weighted by molar-refractivity contribution is -0.137. The number of carboxylic acids is 1. The van der Waals surface area contributed by atoms with Crippen molar-refractivity contribution in [1.29, 1.82) is 0 Å². The van der Waals surface area contributed by atoms with Gasteiger partial charge in [-0.1, -0.05) is 61.6 Å². The van der Waals surface area contributed by atoms with E-state index in [0.717, 1.165) is 19.3 Å². The first kappa shape index (κ1) is 21.8. The molecule has 1 aliphatic carbocycles. The van der Waals surface area contributed by atoms with Crippen molar-refractivity contribution in [2.75, 3.05) is 0 Å². The summed E-state index contributed by atoms with van der Waals surface area (Å²) in [6.45, 7) is 2.11. The van der Waals surface area contributed by atoms with Gasteiger partial charge in [-0.25, -0.2) is 0 Å². The Bertz CT molecular complexity index is 581. The molecule has 4 nitrogen and oxygen atoms in total. The van der Waals surface area contributed by atoms with Gasteiger partial charge in [-0.2, -0.15) is 0 Å². The minimum atomic E-state index is -0.924. The monoisotopic (exact) mass is 358 g/mol. The highest BCUT2D eigenvalue weighted by atomic mass is 16.4. The molecule has 0 aliphatic heterocycles. The maximum Gasteiger partial charge on any atom is 0.303 e. The molecule has 0 aromatic heterocycles. The zero-order valence-electron chi connectivity index (χ0n) is 15.5.